The Balaban J connectivity index is 1.47. The molecule has 11 nitrogen and oxygen atoms in total. The molecule has 2 N–H and O–H groups in total. The Morgan fingerprint density at radius 1 is 1.19 bits per heavy atom. The van der Waals surface area contributed by atoms with Crippen LogP contribution >= 0.6 is 23.5 Å². The van der Waals surface area contributed by atoms with E-state index in [1.165, 1.54) is 11.9 Å². The molecule has 0 bridgehead atoms. The zero-order valence-corrected chi connectivity index (χ0v) is 25.7. The summed E-state index contributed by atoms with van der Waals surface area (Å²) in [4.78, 5) is 37.8. The van der Waals surface area contributed by atoms with E-state index in [0.717, 1.165) is 29.7 Å². The van der Waals surface area contributed by atoms with Crippen LogP contribution in [0.25, 0.3) is 10.9 Å². The van der Waals surface area contributed by atoms with Crippen LogP contribution in [0.1, 0.15) is 64.7 Å². The molecular weight excluding hydrogens is 574 g/mol. The molecule has 4 aromatic rings. The van der Waals surface area contributed by atoms with E-state index in [9.17, 15) is 14.9 Å². The number of piperidine rings is 1. The summed E-state index contributed by atoms with van der Waals surface area (Å²) in [5.74, 6) is 0.483. The number of aryl methyl sites for hydroxylation is 2. The number of nitrogens with zero attached hydrogens (tertiary/aromatic N) is 7. The van der Waals surface area contributed by atoms with Crippen molar-refractivity contribution in [3.63, 3.8) is 0 Å². The lowest BCUT2D eigenvalue weighted by atomic mass is 9.93. The van der Waals surface area contributed by atoms with Gasteiger partial charge in [0.2, 0.25) is 5.95 Å². The topological polar surface area (TPSA) is 134 Å². The number of hydrogen-bond donors (Lipinski definition) is 2. The van der Waals surface area contributed by atoms with Gasteiger partial charge in [-0.15, -0.1) is 0 Å². The maximum absolute atomic E-state index is 13.6. The summed E-state index contributed by atoms with van der Waals surface area (Å²) in [5.41, 5.74) is 4.43. The Bertz CT molecular complexity index is 1770. The second-order valence-electron chi connectivity index (χ2n) is 10.5. The SMILES string of the molecule is CSNC(=O)c1nc(Cl)ccc1NC(C)c1cc(C)cc2c(=O)n(C)c(N3CCC(c4cc(C#N)n(C)n4)CC3)nc12. The van der Waals surface area contributed by atoms with E-state index in [1.807, 2.05) is 32.0 Å². The van der Waals surface area contributed by atoms with E-state index in [1.54, 1.807) is 41.7 Å². The largest absolute Gasteiger partial charge is 0.377 e. The van der Waals surface area contributed by atoms with Gasteiger partial charge in [0.1, 0.15) is 16.9 Å². The predicted molar refractivity (Wildman–Crippen MR) is 166 cm³/mol. The zero-order valence-electron chi connectivity index (χ0n) is 24.1. The standard InChI is InChI=1S/C29H32ClN9O2S/c1-16-12-20(17(2)32-22-6-7-24(30)33-26(22)27(40)36-42-5)25-21(13-16)28(41)37(3)29(34-25)39-10-8-18(9-11-39)23-14-19(15-31)38(4)35-23/h6-7,12-14,17-18,32H,8-11H2,1-5H3,(H,36,40). The number of benzene rings is 1. The second-order valence-corrected chi connectivity index (χ2v) is 11.5. The number of halogens is 1. The lowest BCUT2D eigenvalue weighted by Gasteiger charge is -2.33. The Morgan fingerprint density at radius 2 is 1.93 bits per heavy atom. The van der Waals surface area contributed by atoms with Gasteiger partial charge in [-0.1, -0.05) is 29.6 Å². The fourth-order valence-electron chi connectivity index (χ4n) is 5.50. The summed E-state index contributed by atoms with van der Waals surface area (Å²) < 4.78 is 5.93. The van der Waals surface area contributed by atoms with Gasteiger partial charge in [-0.2, -0.15) is 10.4 Å². The fraction of sp³-hybridized carbons (Fsp3) is 0.379. The zero-order chi connectivity index (χ0) is 30.1. The minimum atomic E-state index is -0.360. The number of rotatable bonds is 7. The quantitative estimate of drug-likeness (QED) is 0.231. The van der Waals surface area contributed by atoms with Gasteiger partial charge < -0.3 is 10.2 Å². The van der Waals surface area contributed by atoms with Crippen molar-refractivity contribution in [3.8, 4) is 6.07 Å². The molecule has 1 atom stereocenters. The van der Waals surface area contributed by atoms with Crippen molar-refractivity contribution < 1.29 is 4.79 Å². The van der Waals surface area contributed by atoms with E-state index in [2.05, 4.69) is 31.1 Å². The Labute approximate surface area is 253 Å². The van der Waals surface area contributed by atoms with E-state index >= 15 is 0 Å². The monoisotopic (exact) mass is 605 g/mol. The molecule has 5 rings (SSSR count). The second kappa shape index (κ2) is 12.0. The van der Waals surface area contributed by atoms with Crippen LogP contribution in [0.3, 0.4) is 0 Å². The number of nitrogens with one attached hydrogen (secondary N) is 2. The highest BCUT2D eigenvalue weighted by molar-refractivity contribution is 7.97. The maximum Gasteiger partial charge on any atom is 0.281 e. The summed E-state index contributed by atoms with van der Waals surface area (Å²) in [7, 11) is 3.54. The molecular formula is C29H32ClN9O2S. The number of carbonyl (C=O) groups is 1. The third-order valence-corrected chi connectivity index (χ3v) is 8.25. The molecule has 1 aliphatic heterocycles. The molecule has 0 radical (unpaired) electrons. The van der Waals surface area contributed by atoms with E-state index in [4.69, 9.17) is 16.6 Å². The van der Waals surface area contributed by atoms with Gasteiger partial charge in [0, 0.05) is 44.9 Å². The van der Waals surface area contributed by atoms with Gasteiger partial charge in [0.05, 0.1) is 28.3 Å². The first-order chi connectivity index (χ1) is 20.1. The summed E-state index contributed by atoms with van der Waals surface area (Å²) >= 11 is 7.28. The van der Waals surface area contributed by atoms with Crippen LogP contribution in [0.2, 0.25) is 5.15 Å². The van der Waals surface area contributed by atoms with Crippen LogP contribution < -0.4 is 20.5 Å². The molecule has 218 valence electrons. The molecule has 1 aromatic carbocycles. The molecule has 4 heterocycles. The highest BCUT2D eigenvalue weighted by Gasteiger charge is 2.27. The number of aromatic nitrogens is 5. The van der Waals surface area contributed by atoms with Crippen molar-refractivity contribution >= 4 is 52.0 Å². The maximum atomic E-state index is 13.6. The van der Waals surface area contributed by atoms with Crippen molar-refractivity contribution in [2.24, 2.45) is 14.1 Å². The number of pyridine rings is 1. The van der Waals surface area contributed by atoms with Gasteiger partial charge in [-0.3, -0.25) is 23.6 Å². The van der Waals surface area contributed by atoms with Crippen molar-refractivity contribution in [2.75, 3.05) is 29.6 Å². The van der Waals surface area contributed by atoms with Gasteiger partial charge >= 0.3 is 0 Å². The van der Waals surface area contributed by atoms with E-state index in [0.29, 0.717) is 41.3 Å². The average molecular weight is 606 g/mol. The fourth-order valence-corrected chi connectivity index (χ4v) is 5.93. The normalized spacial score (nSPS) is 14.5. The number of anilines is 2. The van der Waals surface area contributed by atoms with Gasteiger partial charge in [0.15, 0.2) is 5.69 Å². The minimum Gasteiger partial charge on any atom is -0.377 e. The van der Waals surface area contributed by atoms with Gasteiger partial charge in [0.25, 0.3) is 11.5 Å². The molecule has 1 amide bonds. The molecule has 0 spiro atoms. The van der Waals surface area contributed by atoms with Crippen LogP contribution in [-0.4, -0.2) is 49.6 Å². The first kappa shape index (κ1) is 29.4. The predicted octanol–water partition coefficient (Wildman–Crippen LogP) is 4.46. The first-order valence-electron chi connectivity index (χ1n) is 13.6. The summed E-state index contributed by atoms with van der Waals surface area (Å²) in [5, 5.41) is 18.0. The molecule has 0 saturated carbocycles. The molecule has 0 aliphatic carbocycles. The average Bonchev–Trinajstić information content (AvgIpc) is 3.36. The Hall–Kier alpha value is -4.08. The third kappa shape index (κ3) is 5.67. The smallest absolute Gasteiger partial charge is 0.281 e. The van der Waals surface area contributed by atoms with Crippen LogP contribution in [-0.2, 0) is 14.1 Å². The lowest BCUT2D eigenvalue weighted by molar-refractivity contribution is 0.0980. The van der Waals surface area contributed by atoms with Crippen molar-refractivity contribution in [1.82, 2.24) is 29.0 Å². The molecule has 3 aromatic heterocycles. The van der Waals surface area contributed by atoms with E-state index in [-0.39, 0.29) is 34.3 Å². The number of nitriles is 1. The number of hydrogen-bond acceptors (Lipinski definition) is 9. The van der Waals surface area contributed by atoms with Crippen molar-refractivity contribution in [2.45, 2.75) is 38.6 Å². The number of carbonyl (C=O) groups excluding carboxylic acids is 1. The highest BCUT2D eigenvalue weighted by Crippen LogP contribution is 2.32. The van der Waals surface area contributed by atoms with Gasteiger partial charge in [-0.25, -0.2) is 9.97 Å². The molecule has 1 aliphatic rings. The van der Waals surface area contributed by atoms with Crippen molar-refractivity contribution in [3.05, 3.63) is 74.0 Å². The van der Waals surface area contributed by atoms with Crippen LogP contribution in [0.5, 0.6) is 0 Å². The van der Waals surface area contributed by atoms with Crippen LogP contribution in [0.15, 0.2) is 35.1 Å². The lowest BCUT2D eigenvalue weighted by Crippen LogP contribution is -2.38. The number of amides is 1. The Kier molecular flexibility index (Phi) is 8.43. The van der Waals surface area contributed by atoms with Gasteiger partial charge in [-0.05, 0) is 56.5 Å². The van der Waals surface area contributed by atoms with E-state index < -0.39 is 0 Å². The Morgan fingerprint density at radius 3 is 2.60 bits per heavy atom. The summed E-state index contributed by atoms with van der Waals surface area (Å²) in [6.45, 7) is 5.32. The first-order valence-corrected chi connectivity index (χ1v) is 15.2. The highest BCUT2D eigenvalue weighted by atomic mass is 35.5. The molecule has 1 saturated heterocycles. The van der Waals surface area contributed by atoms with Crippen molar-refractivity contribution in [1.29, 1.82) is 5.26 Å². The summed E-state index contributed by atoms with van der Waals surface area (Å²) in [6.07, 6.45) is 3.42. The molecule has 1 unspecified atom stereocenters. The van der Waals surface area contributed by atoms with Crippen LogP contribution in [0, 0.1) is 18.3 Å². The summed E-state index contributed by atoms with van der Waals surface area (Å²) in [6, 6.07) is 11.0. The third-order valence-electron chi connectivity index (χ3n) is 7.65. The minimum absolute atomic E-state index is 0.120. The molecule has 1 fully saturated rings. The molecule has 42 heavy (non-hydrogen) atoms. The van der Waals surface area contributed by atoms with Crippen LogP contribution in [0.4, 0.5) is 11.6 Å². The number of fused-ring (bicyclic) bond motifs is 1. The molecule has 13 heteroatoms.